The van der Waals surface area contributed by atoms with Gasteiger partial charge in [0.15, 0.2) is 11.5 Å². The summed E-state index contributed by atoms with van der Waals surface area (Å²) in [4.78, 5) is 0. The Balaban J connectivity index is 1.93. The van der Waals surface area contributed by atoms with Gasteiger partial charge in [0.25, 0.3) is 0 Å². The molecule has 0 spiro atoms. The topological polar surface area (TPSA) is 30.5 Å². The fraction of sp³-hybridized carbons (Fsp3) is 0.647. The van der Waals surface area contributed by atoms with Crippen molar-refractivity contribution in [1.82, 2.24) is 5.32 Å². The van der Waals surface area contributed by atoms with E-state index < -0.39 is 0 Å². The molecule has 3 heteroatoms. The van der Waals surface area contributed by atoms with Crippen LogP contribution in [-0.4, -0.2) is 19.8 Å². The summed E-state index contributed by atoms with van der Waals surface area (Å²) in [5.41, 5.74) is 1.26. The number of hydrogen-bond acceptors (Lipinski definition) is 3. The lowest BCUT2D eigenvalue weighted by molar-refractivity contribution is 0.240. The Morgan fingerprint density at radius 1 is 1.30 bits per heavy atom. The molecule has 1 aromatic carbocycles. The van der Waals surface area contributed by atoms with Crippen LogP contribution in [-0.2, 0) is 6.54 Å². The normalized spacial score (nSPS) is 15.9. The zero-order valence-electron chi connectivity index (χ0n) is 12.9. The minimum Gasteiger partial charge on any atom is -0.493 e. The number of nitrogens with one attached hydrogen (secondary N) is 1. The van der Waals surface area contributed by atoms with Crippen LogP contribution < -0.4 is 14.8 Å². The van der Waals surface area contributed by atoms with Crippen LogP contribution in [0, 0.1) is 5.92 Å². The minimum atomic E-state index is 0.581. The molecule has 3 nitrogen and oxygen atoms in total. The van der Waals surface area contributed by atoms with Gasteiger partial charge in [-0.05, 0) is 42.9 Å². The lowest BCUT2D eigenvalue weighted by Crippen LogP contribution is -2.15. The van der Waals surface area contributed by atoms with Gasteiger partial charge >= 0.3 is 0 Å². The maximum Gasteiger partial charge on any atom is 0.161 e. The highest BCUT2D eigenvalue weighted by Gasteiger charge is 2.20. The Kier molecular flexibility index (Phi) is 5.72. The number of hydrogen-bond donors (Lipinski definition) is 1. The first-order valence-corrected chi connectivity index (χ1v) is 7.76. The van der Waals surface area contributed by atoms with Crippen molar-refractivity contribution in [3.63, 3.8) is 0 Å². The monoisotopic (exact) mass is 277 g/mol. The first kappa shape index (κ1) is 15.2. The van der Waals surface area contributed by atoms with Crippen LogP contribution in [0.4, 0.5) is 0 Å². The van der Waals surface area contributed by atoms with Crippen molar-refractivity contribution in [3.8, 4) is 11.5 Å². The first-order chi connectivity index (χ1) is 9.72. The summed E-state index contributed by atoms with van der Waals surface area (Å²) in [6, 6.07) is 6.94. The Morgan fingerprint density at radius 2 is 2.10 bits per heavy atom. The molecule has 0 radical (unpaired) electrons. The van der Waals surface area contributed by atoms with E-state index in [1.54, 1.807) is 7.11 Å². The van der Waals surface area contributed by atoms with Gasteiger partial charge in [0.05, 0.1) is 13.7 Å². The molecule has 0 aliphatic heterocycles. The summed E-state index contributed by atoms with van der Waals surface area (Å²) in [6.07, 6.45) is 5.03. The lowest BCUT2D eigenvalue weighted by atomic mass is 10.1. The number of ether oxygens (including phenoxy) is 2. The molecule has 0 aromatic heterocycles. The van der Waals surface area contributed by atoms with Gasteiger partial charge in [-0.2, -0.15) is 0 Å². The third kappa shape index (κ3) is 4.71. The second-order valence-corrected chi connectivity index (χ2v) is 5.85. The minimum absolute atomic E-state index is 0.581. The van der Waals surface area contributed by atoms with Gasteiger partial charge in [-0.3, -0.25) is 0 Å². The van der Waals surface area contributed by atoms with E-state index in [1.807, 2.05) is 6.07 Å². The summed E-state index contributed by atoms with van der Waals surface area (Å²) in [6.45, 7) is 6.11. The zero-order chi connectivity index (χ0) is 14.4. The van der Waals surface area contributed by atoms with Crippen molar-refractivity contribution >= 4 is 0 Å². The molecule has 1 aromatic rings. The molecule has 1 N–H and O–H groups in total. The molecule has 1 aliphatic carbocycles. The van der Waals surface area contributed by atoms with Crippen LogP contribution in [0.3, 0.4) is 0 Å². The molecule has 0 saturated heterocycles. The predicted octanol–water partition coefficient (Wildman–Crippen LogP) is 3.76. The molecule has 1 saturated carbocycles. The quantitative estimate of drug-likeness (QED) is 0.745. The van der Waals surface area contributed by atoms with E-state index in [4.69, 9.17) is 9.47 Å². The third-order valence-electron chi connectivity index (χ3n) is 3.71. The molecule has 0 bridgehead atoms. The third-order valence-corrected chi connectivity index (χ3v) is 3.71. The predicted molar refractivity (Wildman–Crippen MR) is 82.4 cm³/mol. The SMILES string of the molecule is CCCC(C)COc1cc(CNC2CC2)ccc1OC. The molecular weight excluding hydrogens is 250 g/mol. The fourth-order valence-corrected chi connectivity index (χ4v) is 2.30. The van der Waals surface area contributed by atoms with E-state index in [2.05, 4.69) is 31.3 Å². The van der Waals surface area contributed by atoms with Gasteiger partial charge in [0, 0.05) is 12.6 Å². The standard InChI is InChI=1S/C17H27NO2/c1-4-5-13(2)12-20-17-10-14(6-9-16(17)19-3)11-18-15-7-8-15/h6,9-10,13,15,18H,4-5,7-8,11-12H2,1-3H3. The maximum atomic E-state index is 5.95. The molecule has 1 aliphatic rings. The van der Waals surface area contributed by atoms with Gasteiger partial charge in [-0.1, -0.05) is 26.3 Å². The van der Waals surface area contributed by atoms with Crippen LogP contribution in [0.15, 0.2) is 18.2 Å². The Hall–Kier alpha value is -1.22. The lowest BCUT2D eigenvalue weighted by Gasteiger charge is -2.15. The molecular formula is C17H27NO2. The average molecular weight is 277 g/mol. The molecule has 20 heavy (non-hydrogen) atoms. The van der Waals surface area contributed by atoms with E-state index in [9.17, 15) is 0 Å². The van der Waals surface area contributed by atoms with E-state index in [-0.39, 0.29) is 0 Å². The summed E-state index contributed by atoms with van der Waals surface area (Å²) in [5, 5.41) is 3.53. The largest absolute Gasteiger partial charge is 0.493 e. The summed E-state index contributed by atoms with van der Waals surface area (Å²) in [5.74, 6) is 2.27. The van der Waals surface area contributed by atoms with Gasteiger partial charge in [-0.25, -0.2) is 0 Å². The van der Waals surface area contributed by atoms with Crippen molar-refractivity contribution in [2.24, 2.45) is 5.92 Å². The molecule has 112 valence electrons. The Morgan fingerprint density at radius 3 is 2.75 bits per heavy atom. The number of benzene rings is 1. The van der Waals surface area contributed by atoms with Gasteiger partial charge < -0.3 is 14.8 Å². The Bertz CT molecular complexity index is 415. The van der Waals surface area contributed by atoms with Crippen molar-refractivity contribution in [1.29, 1.82) is 0 Å². The van der Waals surface area contributed by atoms with Crippen LogP contribution >= 0.6 is 0 Å². The fourth-order valence-electron chi connectivity index (χ4n) is 2.30. The highest BCUT2D eigenvalue weighted by atomic mass is 16.5. The second kappa shape index (κ2) is 7.53. The van der Waals surface area contributed by atoms with E-state index in [0.717, 1.165) is 30.7 Å². The van der Waals surface area contributed by atoms with Crippen LogP contribution in [0.1, 0.15) is 45.1 Å². The molecule has 0 heterocycles. The first-order valence-electron chi connectivity index (χ1n) is 7.76. The smallest absolute Gasteiger partial charge is 0.161 e. The van der Waals surface area contributed by atoms with E-state index in [1.165, 1.54) is 31.2 Å². The van der Waals surface area contributed by atoms with Crippen LogP contribution in [0.2, 0.25) is 0 Å². The molecule has 1 unspecified atom stereocenters. The maximum absolute atomic E-state index is 5.95. The van der Waals surface area contributed by atoms with Crippen molar-refractivity contribution in [3.05, 3.63) is 23.8 Å². The highest BCUT2D eigenvalue weighted by molar-refractivity contribution is 5.43. The van der Waals surface area contributed by atoms with Crippen molar-refractivity contribution in [2.45, 2.75) is 52.1 Å². The van der Waals surface area contributed by atoms with Crippen LogP contribution in [0.25, 0.3) is 0 Å². The van der Waals surface area contributed by atoms with Crippen molar-refractivity contribution in [2.75, 3.05) is 13.7 Å². The highest BCUT2D eigenvalue weighted by Crippen LogP contribution is 2.29. The molecule has 1 atom stereocenters. The average Bonchev–Trinajstić information content (AvgIpc) is 3.27. The van der Waals surface area contributed by atoms with Gasteiger partial charge in [0.1, 0.15) is 0 Å². The van der Waals surface area contributed by atoms with Gasteiger partial charge in [-0.15, -0.1) is 0 Å². The Labute approximate surface area is 122 Å². The van der Waals surface area contributed by atoms with E-state index >= 15 is 0 Å². The van der Waals surface area contributed by atoms with E-state index in [0.29, 0.717) is 5.92 Å². The summed E-state index contributed by atoms with van der Waals surface area (Å²) in [7, 11) is 1.69. The zero-order valence-corrected chi connectivity index (χ0v) is 12.9. The number of methoxy groups -OCH3 is 1. The van der Waals surface area contributed by atoms with Crippen LogP contribution in [0.5, 0.6) is 11.5 Å². The summed E-state index contributed by atoms with van der Waals surface area (Å²) < 4.78 is 11.3. The molecule has 1 fully saturated rings. The van der Waals surface area contributed by atoms with Crippen molar-refractivity contribution < 1.29 is 9.47 Å². The second-order valence-electron chi connectivity index (χ2n) is 5.85. The molecule has 0 amide bonds. The molecule has 2 rings (SSSR count). The summed E-state index contributed by atoms with van der Waals surface area (Å²) >= 11 is 0. The number of rotatable bonds is 9. The van der Waals surface area contributed by atoms with Gasteiger partial charge in [0.2, 0.25) is 0 Å².